The Hall–Kier alpha value is -3.15. The van der Waals surface area contributed by atoms with E-state index in [2.05, 4.69) is 62.8 Å². The van der Waals surface area contributed by atoms with E-state index >= 15 is 0 Å². The fraction of sp³-hybridized carbons (Fsp3) is 0.250. The number of aromatic nitrogens is 3. The highest BCUT2D eigenvalue weighted by Gasteiger charge is 2.03. The minimum Gasteiger partial charge on any atom is -0.352 e. The van der Waals surface area contributed by atoms with Gasteiger partial charge in [0.25, 0.3) is 0 Å². The van der Waals surface area contributed by atoms with Crippen LogP contribution >= 0.6 is 0 Å². The van der Waals surface area contributed by atoms with Gasteiger partial charge in [-0.3, -0.25) is 9.56 Å². The molecule has 3 aromatic rings. The molecule has 2 N–H and O–H groups in total. The van der Waals surface area contributed by atoms with Gasteiger partial charge in [0.2, 0.25) is 0 Å². The summed E-state index contributed by atoms with van der Waals surface area (Å²) in [6.45, 7) is 5.45. The van der Waals surface area contributed by atoms with Crippen molar-refractivity contribution in [2.45, 2.75) is 26.9 Å². The molecule has 0 bridgehead atoms. The summed E-state index contributed by atoms with van der Waals surface area (Å²) in [5.41, 5.74) is 3.58. The molecular weight excluding hydrogens is 324 g/mol. The van der Waals surface area contributed by atoms with Crippen LogP contribution in [0.2, 0.25) is 0 Å². The fourth-order valence-corrected chi connectivity index (χ4v) is 2.70. The quantitative estimate of drug-likeness (QED) is 0.550. The smallest absolute Gasteiger partial charge is 0.191 e. The van der Waals surface area contributed by atoms with Crippen LogP contribution in [0.15, 0.2) is 60.0 Å². The van der Waals surface area contributed by atoms with Gasteiger partial charge in [-0.15, -0.1) is 0 Å². The molecule has 26 heavy (non-hydrogen) atoms. The summed E-state index contributed by atoms with van der Waals surface area (Å²) in [5, 5.41) is 6.65. The van der Waals surface area contributed by atoms with E-state index in [9.17, 15) is 0 Å². The van der Waals surface area contributed by atoms with Crippen LogP contribution in [0.4, 0.5) is 0 Å². The number of hydrogen-bond acceptors (Lipinski definition) is 3. The third-order valence-electron chi connectivity index (χ3n) is 4.11. The minimum absolute atomic E-state index is 0.656. The van der Waals surface area contributed by atoms with E-state index in [1.54, 1.807) is 13.2 Å². The maximum Gasteiger partial charge on any atom is 0.191 e. The molecule has 0 unspecified atom stereocenters. The van der Waals surface area contributed by atoms with Gasteiger partial charge < -0.3 is 10.6 Å². The monoisotopic (exact) mass is 348 g/mol. The summed E-state index contributed by atoms with van der Waals surface area (Å²) in [6, 6.07) is 12.5. The van der Waals surface area contributed by atoms with E-state index in [0.717, 1.165) is 29.7 Å². The second kappa shape index (κ2) is 8.29. The van der Waals surface area contributed by atoms with Crippen molar-refractivity contribution in [2.75, 3.05) is 7.05 Å². The first-order chi connectivity index (χ1) is 12.7. The van der Waals surface area contributed by atoms with Crippen molar-refractivity contribution in [1.82, 2.24) is 25.2 Å². The molecule has 0 aliphatic carbocycles. The summed E-state index contributed by atoms with van der Waals surface area (Å²) in [5.74, 6) is 2.55. The molecule has 134 valence electrons. The number of nitrogens with one attached hydrogen (secondary N) is 2. The van der Waals surface area contributed by atoms with Gasteiger partial charge in [0.05, 0.1) is 0 Å². The molecule has 3 rings (SSSR count). The molecule has 0 aliphatic rings. The van der Waals surface area contributed by atoms with E-state index in [0.29, 0.717) is 6.54 Å². The molecule has 6 heteroatoms. The molecule has 0 atom stereocenters. The molecule has 2 heterocycles. The minimum atomic E-state index is 0.656. The number of pyridine rings is 1. The maximum absolute atomic E-state index is 4.51. The molecule has 0 fully saturated rings. The number of rotatable bonds is 5. The van der Waals surface area contributed by atoms with Crippen LogP contribution in [-0.2, 0) is 13.1 Å². The zero-order valence-corrected chi connectivity index (χ0v) is 15.4. The standard InChI is InChI=1S/C20H24N6/c1-15-5-4-6-17(11-15)12-24-20(21-3)25-14-18-7-8-19(23-13-18)26-10-9-22-16(26)2/h4-11,13H,12,14H2,1-3H3,(H2,21,24,25). The van der Waals surface area contributed by atoms with E-state index in [1.165, 1.54) is 11.1 Å². The molecule has 0 aliphatic heterocycles. The van der Waals surface area contributed by atoms with Gasteiger partial charge in [0.15, 0.2) is 5.96 Å². The molecule has 0 saturated carbocycles. The number of guanidine groups is 1. The van der Waals surface area contributed by atoms with Crippen LogP contribution in [0.25, 0.3) is 5.82 Å². The van der Waals surface area contributed by atoms with Gasteiger partial charge in [-0.05, 0) is 31.0 Å². The maximum atomic E-state index is 4.51. The summed E-state index contributed by atoms with van der Waals surface area (Å²) in [7, 11) is 1.77. The van der Waals surface area contributed by atoms with Crippen molar-refractivity contribution in [3.8, 4) is 5.82 Å². The van der Waals surface area contributed by atoms with Gasteiger partial charge in [-0.2, -0.15) is 0 Å². The van der Waals surface area contributed by atoms with Crippen molar-refractivity contribution < 1.29 is 0 Å². The molecule has 0 spiro atoms. The average molecular weight is 348 g/mol. The SMILES string of the molecule is CN=C(NCc1ccc(-n2ccnc2C)nc1)NCc1cccc(C)c1. The molecule has 0 amide bonds. The zero-order valence-electron chi connectivity index (χ0n) is 15.4. The van der Waals surface area contributed by atoms with E-state index in [4.69, 9.17) is 0 Å². The number of aryl methyl sites for hydroxylation is 2. The number of benzene rings is 1. The lowest BCUT2D eigenvalue weighted by Crippen LogP contribution is -2.36. The van der Waals surface area contributed by atoms with E-state index < -0.39 is 0 Å². The van der Waals surface area contributed by atoms with E-state index in [1.807, 2.05) is 30.0 Å². The largest absolute Gasteiger partial charge is 0.352 e. The molecular formula is C20H24N6. The first-order valence-electron chi connectivity index (χ1n) is 8.61. The molecule has 0 saturated heterocycles. The highest BCUT2D eigenvalue weighted by molar-refractivity contribution is 5.79. The first-order valence-corrected chi connectivity index (χ1v) is 8.61. The van der Waals surface area contributed by atoms with Crippen molar-refractivity contribution in [3.63, 3.8) is 0 Å². The van der Waals surface area contributed by atoms with Crippen LogP contribution in [0.1, 0.15) is 22.5 Å². The Morgan fingerprint density at radius 3 is 2.46 bits per heavy atom. The average Bonchev–Trinajstić information content (AvgIpc) is 3.08. The lowest BCUT2D eigenvalue weighted by Gasteiger charge is -2.12. The van der Waals surface area contributed by atoms with Gasteiger partial charge in [0, 0.05) is 38.7 Å². The summed E-state index contributed by atoms with van der Waals surface area (Å²) < 4.78 is 1.96. The zero-order chi connectivity index (χ0) is 18.4. The van der Waals surface area contributed by atoms with Crippen molar-refractivity contribution in [1.29, 1.82) is 0 Å². The highest BCUT2D eigenvalue weighted by Crippen LogP contribution is 2.08. The molecule has 0 radical (unpaired) electrons. The van der Waals surface area contributed by atoms with Gasteiger partial charge in [-0.1, -0.05) is 35.9 Å². The molecule has 6 nitrogen and oxygen atoms in total. The predicted octanol–water partition coefficient (Wildman–Crippen LogP) is 2.75. The number of hydrogen-bond donors (Lipinski definition) is 2. The van der Waals surface area contributed by atoms with Crippen LogP contribution in [0, 0.1) is 13.8 Å². The van der Waals surface area contributed by atoms with Crippen molar-refractivity contribution >= 4 is 5.96 Å². The predicted molar refractivity (Wildman–Crippen MR) is 104 cm³/mol. The summed E-state index contributed by atoms with van der Waals surface area (Å²) >= 11 is 0. The molecule has 1 aromatic carbocycles. The lowest BCUT2D eigenvalue weighted by molar-refractivity contribution is 0.804. The lowest BCUT2D eigenvalue weighted by atomic mass is 10.1. The van der Waals surface area contributed by atoms with Crippen molar-refractivity contribution in [3.05, 3.63) is 77.5 Å². The Morgan fingerprint density at radius 2 is 1.85 bits per heavy atom. The number of aliphatic imine (C=N–C) groups is 1. The van der Waals surface area contributed by atoms with Crippen LogP contribution in [0.3, 0.4) is 0 Å². The number of nitrogens with zero attached hydrogens (tertiary/aromatic N) is 4. The normalized spacial score (nSPS) is 11.4. The van der Waals surface area contributed by atoms with Crippen LogP contribution in [0.5, 0.6) is 0 Å². The second-order valence-electron chi connectivity index (χ2n) is 6.14. The van der Waals surface area contributed by atoms with E-state index in [-0.39, 0.29) is 0 Å². The Morgan fingerprint density at radius 1 is 1.04 bits per heavy atom. The highest BCUT2D eigenvalue weighted by atomic mass is 15.2. The van der Waals surface area contributed by atoms with Gasteiger partial charge >= 0.3 is 0 Å². The van der Waals surface area contributed by atoms with Gasteiger partial charge in [0.1, 0.15) is 11.6 Å². The second-order valence-corrected chi connectivity index (χ2v) is 6.14. The Labute approximate surface area is 154 Å². The summed E-state index contributed by atoms with van der Waals surface area (Å²) in [6.07, 6.45) is 5.55. The third kappa shape index (κ3) is 4.47. The van der Waals surface area contributed by atoms with Crippen molar-refractivity contribution in [2.24, 2.45) is 4.99 Å². The molecule has 2 aromatic heterocycles. The van der Waals surface area contributed by atoms with Gasteiger partial charge in [-0.25, -0.2) is 9.97 Å². The summed E-state index contributed by atoms with van der Waals surface area (Å²) in [4.78, 5) is 13.0. The first kappa shape index (κ1) is 17.7. The Bertz CT molecular complexity index is 879. The third-order valence-corrected chi connectivity index (χ3v) is 4.11. The number of imidazole rings is 1. The van der Waals surface area contributed by atoms with Crippen LogP contribution in [-0.4, -0.2) is 27.5 Å². The topological polar surface area (TPSA) is 67.1 Å². The fourth-order valence-electron chi connectivity index (χ4n) is 2.70. The Kier molecular flexibility index (Phi) is 5.63. The Balaban J connectivity index is 1.54. The van der Waals surface area contributed by atoms with Crippen LogP contribution < -0.4 is 10.6 Å².